The van der Waals surface area contributed by atoms with Crippen molar-refractivity contribution in [2.75, 3.05) is 6.79 Å². The zero-order valence-electron chi connectivity index (χ0n) is 19.1. The Kier molecular flexibility index (Phi) is 6.39. The number of aromatic nitrogens is 4. The van der Waals surface area contributed by atoms with Gasteiger partial charge in [-0.05, 0) is 31.0 Å². The molecule has 180 valence electrons. The smallest absolute Gasteiger partial charge is 0.332 e. The zero-order chi connectivity index (χ0) is 24.4. The Morgan fingerprint density at radius 3 is 2.74 bits per heavy atom. The van der Waals surface area contributed by atoms with Gasteiger partial charge in [-0.25, -0.2) is 9.78 Å². The number of rotatable bonds is 8. The normalized spacial score (nSPS) is 13.1. The number of benzene rings is 1. The lowest BCUT2D eigenvalue weighted by molar-refractivity contribution is -0.155. The van der Waals surface area contributed by atoms with E-state index in [0.29, 0.717) is 24.5 Å². The van der Waals surface area contributed by atoms with Gasteiger partial charge in [0.1, 0.15) is 0 Å². The summed E-state index contributed by atoms with van der Waals surface area (Å²) in [5.41, 5.74) is 0.480. The number of carbonyl (C=O) groups excluding carboxylic acids is 2. The molecule has 1 amide bonds. The number of nitrogens with one attached hydrogen (secondary N) is 1. The van der Waals surface area contributed by atoms with Gasteiger partial charge in [-0.3, -0.25) is 23.5 Å². The third-order valence-electron chi connectivity index (χ3n) is 5.58. The fraction of sp³-hybridized carbons (Fsp3) is 0.409. The highest BCUT2D eigenvalue weighted by Gasteiger charge is 2.19. The number of amides is 1. The van der Waals surface area contributed by atoms with Gasteiger partial charge in [-0.15, -0.1) is 0 Å². The molecule has 1 N–H and O–H groups in total. The zero-order valence-corrected chi connectivity index (χ0v) is 19.1. The van der Waals surface area contributed by atoms with Crippen LogP contribution in [0, 0.1) is 0 Å². The Hall–Kier alpha value is -4.09. The topological polar surface area (TPSA) is 136 Å². The van der Waals surface area contributed by atoms with Crippen LogP contribution in [-0.4, -0.2) is 43.5 Å². The maximum absolute atomic E-state index is 12.5. The highest BCUT2D eigenvalue weighted by atomic mass is 16.7. The molecule has 0 spiro atoms. The van der Waals surface area contributed by atoms with Crippen molar-refractivity contribution in [1.82, 2.24) is 24.0 Å². The van der Waals surface area contributed by atoms with Gasteiger partial charge in [-0.2, -0.15) is 0 Å². The summed E-state index contributed by atoms with van der Waals surface area (Å²) in [6.07, 6.45) is 0.911. The fourth-order valence-corrected chi connectivity index (χ4v) is 3.65. The number of carbonyl (C=O) groups is 2. The number of imidazole rings is 1. The van der Waals surface area contributed by atoms with E-state index in [1.807, 2.05) is 6.07 Å². The van der Waals surface area contributed by atoms with E-state index in [2.05, 4.69) is 10.3 Å². The standard InChI is InChI=1S/C22H25N5O7/c1-13(20(29)23-10-14-6-7-15-16(9-14)33-12-32-15)34-17(28)5-4-8-27-11-24-19-18(27)21(30)26(3)22(31)25(19)2/h6-7,9,11,13H,4-5,8,10,12H2,1-3H3,(H,23,29)/t13-/m1/s1. The molecule has 3 heterocycles. The van der Waals surface area contributed by atoms with Crippen LogP contribution in [0.15, 0.2) is 34.1 Å². The molecule has 2 aromatic heterocycles. The summed E-state index contributed by atoms with van der Waals surface area (Å²) in [4.78, 5) is 53.1. The van der Waals surface area contributed by atoms with Crippen LogP contribution in [-0.2, 0) is 41.5 Å². The number of esters is 1. The summed E-state index contributed by atoms with van der Waals surface area (Å²) in [6.45, 7) is 2.25. The minimum absolute atomic E-state index is 0.0472. The molecule has 0 radical (unpaired) electrons. The van der Waals surface area contributed by atoms with E-state index in [0.717, 1.165) is 10.1 Å². The molecule has 12 nitrogen and oxygen atoms in total. The van der Waals surface area contributed by atoms with Gasteiger partial charge in [0.25, 0.3) is 11.5 Å². The number of nitrogens with zero attached hydrogens (tertiary/aromatic N) is 4. The summed E-state index contributed by atoms with van der Waals surface area (Å²) < 4.78 is 19.7. The van der Waals surface area contributed by atoms with Crippen molar-refractivity contribution in [3.8, 4) is 11.5 Å². The maximum atomic E-state index is 12.5. The molecule has 34 heavy (non-hydrogen) atoms. The summed E-state index contributed by atoms with van der Waals surface area (Å²) in [7, 11) is 2.94. The van der Waals surface area contributed by atoms with Crippen LogP contribution >= 0.6 is 0 Å². The molecule has 3 aromatic rings. The Bertz CT molecular complexity index is 1370. The van der Waals surface area contributed by atoms with Crippen LogP contribution < -0.4 is 26.0 Å². The number of hydrogen-bond acceptors (Lipinski definition) is 8. The molecule has 0 aliphatic carbocycles. The largest absolute Gasteiger partial charge is 0.454 e. The van der Waals surface area contributed by atoms with Crippen molar-refractivity contribution >= 4 is 23.0 Å². The van der Waals surface area contributed by atoms with E-state index in [-0.39, 0.29) is 30.9 Å². The van der Waals surface area contributed by atoms with E-state index in [9.17, 15) is 19.2 Å². The first-order valence-corrected chi connectivity index (χ1v) is 10.7. The van der Waals surface area contributed by atoms with E-state index >= 15 is 0 Å². The van der Waals surface area contributed by atoms with Crippen LogP contribution in [0.25, 0.3) is 11.2 Å². The molecule has 12 heteroatoms. The van der Waals surface area contributed by atoms with Gasteiger partial charge in [0, 0.05) is 33.6 Å². The highest BCUT2D eigenvalue weighted by molar-refractivity contribution is 5.83. The molecule has 0 bridgehead atoms. The first kappa shape index (κ1) is 23.1. The van der Waals surface area contributed by atoms with E-state index in [4.69, 9.17) is 14.2 Å². The van der Waals surface area contributed by atoms with Crippen LogP contribution in [0.5, 0.6) is 11.5 Å². The van der Waals surface area contributed by atoms with Gasteiger partial charge < -0.3 is 24.1 Å². The molecule has 0 saturated heterocycles. The minimum atomic E-state index is -0.961. The van der Waals surface area contributed by atoms with Crippen molar-refractivity contribution < 1.29 is 23.8 Å². The number of hydrogen-bond donors (Lipinski definition) is 1. The molecule has 1 aromatic carbocycles. The fourth-order valence-electron chi connectivity index (χ4n) is 3.65. The van der Waals surface area contributed by atoms with Crippen molar-refractivity contribution in [2.24, 2.45) is 14.1 Å². The Labute approximate surface area is 193 Å². The van der Waals surface area contributed by atoms with Crippen LogP contribution in [0.2, 0.25) is 0 Å². The lowest BCUT2D eigenvalue weighted by Gasteiger charge is -2.14. The van der Waals surface area contributed by atoms with Crippen molar-refractivity contribution in [1.29, 1.82) is 0 Å². The Morgan fingerprint density at radius 1 is 1.18 bits per heavy atom. The van der Waals surface area contributed by atoms with Crippen molar-refractivity contribution in [3.63, 3.8) is 0 Å². The minimum Gasteiger partial charge on any atom is -0.454 e. The predicted molar refractivity (Wildman–Crippen MR) is 119 cm³/mol. The summed E-state index contributed by atoms with van der Waals surface area (Å²) in [5, 5.41) is 2.73. The number of fused-ring (bicyclic) bond motifs is 2. The average Bonchev–Trinajstić information content (AvgIpc) is 3.46. The third-order valence-corrected chi connectivity index (χ3v) is 5.58. The van der Waals surface area contributed by atoms with Gasteiger partial charge in [0.15, 0.2) is 28.8 Å². The second kappa shape index (κ2) is 9.41. The third kappa shape index (κ3) is 4.51. The van der Waals surface area contributed by atoms with Crippen LogP contribution in [0.1, 0.15) is 25.3 Å². The van der Waals surface area contributed by atoms with Gasteiger partial charge in [-0.1, -0.05) is 6.07 Å². The number of ether oxygens (including phenoxy) is 3. The van der Waals surface area contributed by atoms with Crippen LogP contribution in [0.3, 0.4) is 0 Å². The van der Waals surface area contributed by atoms with Crippen molar-refractivity contribution in [2.45, 2.75) is 39.0 Å². The molecule has 0 unspecified atom stereocenters. The monoisotopic (exact) mass is 471 g/mol. The van der Waals surface area contributed by atoms with Crippen LogP contribution in [0.4, 0.5) is 0 Å². The molecular weight excluding hydrogens is 446 g/mol. The Morgan fingerprint density at radius 2 is 1.94 bits per heavy atom. The maximum Gasteiger partial charge on any atom is 0.332 e. The lowest BCUT2D eigenvalue weighted by Crippen LogP contribution is -2.37. The first-order valence-electron chi connectivity index (χ1n) is 10.7. The molecular formula is C22H25N5O7. The molecule has 4 rings (SSSR count). The molecule has 0 fully saturated rings. The first-order chi connectivity index (χ1) is 16.3. The molecule has 1 atom stereocenters. The van der Waals surface area contributed by atoms with Gasteiger partial charge in [0.2, 0.25) is 6.79 Å². The summed E-state index contributed by atoms with van der Waals surface area (Å²) in [6, 6.07) is 5.37. The summed E-state index contributed by atoms with van der Waals surface area (Å²) >= 11 is 0. The summed E-state index contributed by atoms with van der Waals surface area (Å²) in [5.74, 6) is 0.328. The van der Waals surface area contributed by atoms with Gasteiger partial charge >= 0.3 is 11.7 Å². The molecule has 1 aliphatic heterocycles. The molecule has 0 saturated carbocycles. The lowest BCUT2D eigenvalue weighted by atomic mass is 10.2. The Balaban J connectivity index is 1.26. The van der Waals surface area contributed by atoms with Gasteiger partial charge in [0.05, 0.1) is 6.33 Å². The number of aryl methyl sites for hydroxylation is 2. The van der Waals surface area contributed by atoms with E-state index in [1.165, 1.54) is 31.9 Å². The van der Waals surface area contributed by atoms with E-state index in [1.54, 1.807) is 16.7 Å². The SMILES string of the molecule is C[C@@H](OC(=O)CCCn1cnc2c1c(=O)n(C)c(=O)n2C)C(=O)NCc1ccc2c(c1)OCO2. The predicted octanol–water partition coefficient (Wildman–Crippen LogP) is 0.191. The average molecular weight is 471 g/mol. The highest BCUT2D eigenvalue weighted by Crippen LogP contribution is 2.32. The quantitative estimate of drug-likeness (QED) is 0.460. The second-order valence-corrected chi connectivity index (χ2v) is 7.96. The second-order valence-electron chi connectivity index (χ2n) is 7.96. The van der Waals surface area contributed by atoms with E-state index < -0.39 is 29.2 Å². The van der Waals surface area contributed by atoms with Crippen molar-refractivity contribution in [3.05, 3.63) is 50.9 Å². The molecule has 1 aliphatic rings.